The zero-order chi connectivity index (χ0) is 11.5. The van der Waals surface area contributed by atoms with Gasteiger partial charge in [0.15, 0.2) is 5.82 Å². The molecule has 6 heteroatoms. The molecule has 0 saturated heterocycles. The molecule has 0 N–H and O–H groups in total. The third-order valence-electron chi connectivity index (χ3n) is 2.01. The second-order valence-electron chi connectivity index (χ2n) is 3.17. The van der Waals surface area contributed by atoms with Crippen molar-refractivity contribution in [3.63, 3.8) is 0 Å². The van der Waals surface area contributed by atoms with E-state index in [9.17, 15) is 0 Å². The summed E-state index contributed by atoms with van der Waals surface area (Å²) in [5.74, 6) is 1.49. The molecular formula is C11H7N3OS2. The van der Waals surface area contributed by atoms with Crippen LogP contribution < -0.4 is 4.67 Å². The molecule has 3 aromatic heterocycles. The van der Waals surface area contributed by atoms with Crippen molar-refractivity contribution in [1.29, 1.82) is 0 Å². The van der Waals surface area contributed by atoms with Crippen molar-refractivity contribution in [2.24, 2.45) is 4.99 Å². The lowest BCUT2D eigenvalue weighted by molar-refractivity contribution is 0.584. The van der Waals surface area contributed by atoms with E-state index in [1.54, 1.807) is 45.5 Å². The van der Waals surface area contributed by atoms with Gasteiger partial charge in [-0.2, -0.15) is 0 Å². The van der Waals surface area contributed by atoms with Gasteiger partial charge < -0.3 is 4.42 Å². The molecule has 0 bridgehead atoms. The monoisotopic (exact) mass is 261 g/mol. The Morgan fingerprint density at radius 1 is 1.24 bits per heavy atom. The van der Waals surface area contributed by atoms with Gasteiger partial charge in [-0.25, -0.2) is 9.98 Å². The van der Waals surface area contributed by atoms with Gasteiger partial charge in [-0.3, -0.25) is 4.98 Å². The molecule has 0 aliphatic heterocycles. The third-order valence-corrected chi connectivity index (χ3v) is 4.27. The molecule has 0 aliphatic rings. The smallest absolute Gasteiger partial charge is 0.171 e. The zero-order valence-electron chi connectivity index (χ0n) is 8.61. The molecule has 0 aromatic carbocycles. The fourth-order valence-electron chi connectivity index (χ4n) is 1.29. The summed E-state index contributed by atoms with van der Waals surface area (Å²) in [7, 11) is 3.22. The molecule has 0 saturated carbocycles. The Balaban J connectivity index is 1.98. The molecule has 0 spiro atoms. The maximum absolute atomic E-state index is 5.33. The summed E-state index contributed by atoms with van der Waals surface area (Å²) >= 11 is 0. The lowest BCUT2D eigenvalue weighted by Gasteiger charge is -1.86. The molecule has 0 aliphatic carbocycles. The summed E-state index contributed by atoms with van der Waals surface area (Å²) in [6.45, 7) is 0. The molecule has 17 heavy (non-hydrogen) atoms. The summed E-state index contributed by atoms with van der Waals surface area (Å²) in [5.41, 5.74) is 0. The topological polar surface area (TPSA) is 51.3 Å². The minimum absolute atomic E-state index is 0.618. The summed E-state index contributed by atoms with van der Waals surface area (Å²) in [5, 5.41) is 0. The van der Waals surface area contributed by atoms with Crippen molar-refractivity contribution in [1.82, 2.24) is 9.97 Å². The molecule has 0 unspecified atom stereocenters. The van der Waals surface area contributed by atoms with Crippen LogP contribution in [0.25, 0.3) is 10.6 Å². The standard InChI is InChI=1S/C11H7N3OS2/c1-2-8(15-5-1)9-6-11(17-16-9)14-10-7-12-3-4-13-10/h1-7H/b14-11+. The third kappa shape index (κ3) is 2.32. The van der Waals surface area contributed by atoms with Crippen LogP contribution in [-0.4, -0.2) is 9.97 Å². The Morgan fingerprint density at radius 2 is 2.24 bits per heavy atom. The van der Waals surface area contributed by atoms with Gasteiger partial charge in [0, 0.05) is 12.4 Å². The fourth-order valence-corrected chi connectivity index (χ4v) is 3.37. The molecule has 3 aromatic rings. The molecule has 0 radical (unpaired) electrons. The lowest BCUT2D eigenvalue weighted by Crippen LogP contribution is -1.89. The number of rotatable bonds is 2. The van der Waals surface area contributed by atoms with Crippen LogP contribution in [0.15, 0.2) is 52.5 Å². The first-order valence-corrected chi connectivity index (χ1v) is 7.01. The Hall–Kier alpha value is -1.79. The highest BCUT2D eigenvalue weighted by atomic mass is 32.9. The Bertz CT molecular complexity index is 655. The second kappa shape index (κ2) is 4.60. The molecule has 3 rings (SSSR count). The largest absolute Gasteiger partial charge is 0.463 e. The average molecular weight is 261 g/mol. The predicted molar refractivity (Wildman–Crippen MR) is 67.2 cm³/mol. The SMILES string of the molecule is c1coc(-c2c/c(=N\c3cnccn3)ss2)c1. The molecular weight excluding hydrogens is 254 g/mol. The van der Waals surface area contributed by atoms with Gasteiger partial charge in [-0.1, -0.05) is 20.7 Å². The minimum Gasteiger partial charge on any atom is -0.463 e. The Labute approximate surface area is 104 Å². The summed E-state index contributed by atoms with van der Waals surface area (Å²) in [4.78, 5) is 13.5. The van der Waals surface area contributed by atoms with Crippen molar-refractivity contribution in [2.45, 2.75) is 0 Å². The van der Waals surface area contributed by atoms with Crippen molar-refractivity contribution in [3.8, 4) is 10.6 Å². The van der Waals surface area contributed by atoms with Crippen LogP contribution in [0.5, 0.6) is 0 Å². The minimum atomic E-state index is 0.618. The highest BCUT2D eigenvalue weighted by molar-refractivity contribution is 7.69. The number of nitrogens with zero attached hydrogens (tertiary/aromatic N) is 3. The van der Waals surface area contributed by atoms with E-state index >= 15 is 0 Å². The van der Waals surface area contributed by atoms with E-state index in [0.717, 1.165) is 15.3 Å². The Morgan fingerprint density at radius 3 is 3.00 bits per heavy atom. The van der Waals surface area contributed by atoms with Crippen LogP contribution in [0.3, 0.4) is 0 Å². The maximum Gasteiger partial charge on any atom is 0.171 e. The van der Waals surface area contributed by atoms with Crippen molar-refractivity contribution < 1.29 is 4.42 Å². The summed E-state index contributed by atoms with van der Waals surface area (Å²) < 4.78 is 6.24. The molecule has 0 fully saturated rings. The average Bonchev–Trinajstić information content (AvgIpc) is 3.00. The van der Waals surface area contributed by atoms with E-state index in [4.69, 9.17) is 4.42 Å². The molecule has 0 amide bonds. The van der Waals surface area contributed by atoms with E-state index in [1.165, 1.54) is 0 Å². The van der Waals surface area contributed by atoms with Gasteiger partial charge in [0.05, 0.1) is 17.3 Å². The van der Waals surface area contributed by atoms with E-state index < -0.39 is 0 Å². The molecule has 4 nitrogen and oxygen atoms in total. The van der Waals surface area contributed by atoms with Crippen LogP contribution in [0.2, 0.25) is 0 Å². The van der Waals surface area contributed by atoms with Gasteiger partial charge in [-0.05, 0) is 18.2 Å². The first kappa shape index (κ1) is 10.4. The molecule has 84 valence electrons. The second-order valence-corrected chi connectivity index (χ2v) is 5.36. The quantitative estimate of drug-likeness (QED) is 0.666. The van der Waals surface area contributed by atoms with Crippen molar-refractivity contribution in [2.75, 3.05) is 0 Å². The highest BCUT2D eigenvalue weighted by Gasteiger charge is 2.03. The van der Waals surface area contributed by atoms with Gasteiger partial charge >= 0.3 is 0 Å². The molecule has 0 atom stereocenters. The van der Waals surface area contributed by atoms with E-state index in [0.29, 0.717) is 5.82 Å². The van der Waals surface area contributed by atoms with E-state index in [1.807, 2.05) is 18.2 Å². The lowest BCUT2D eigenvalue weighted by atomic mass is 10.4. The first-order chi connectivity index (χ1) is 8.42. The Kier molecular flexibility index (Phi) is 2.81. The van der Waals surface area contributed by atoms with Crippen LogP contribution in [0.4, 0.5) is 5.82 Å². The van der Waals surface area contributed by atoms with Crippen molar-refractivity contribution >= 4 is 26.5 Å². The summed E-state index contributed by atoms with van der Waals surface area (Å²) in [6.07, 6.45) is 6.56. The van der Waals surface area contributed by atoms with E-state index in [2.05, 4.69) is 15.0 Å². The van der Waals surface area contributed by atoms with E-state index in [-0.39, 0.29) is 0 Å². The molecule has 3 heterocycles. The van der Waals surface area contributed by atoms with Gasteiger partial charge in [-0.15, -0.1) is 0 Å². The first-order valence-electron chi connectivity index (χ1n) is 4.86. The number of furan rings is 1. The van der Waals surface area contributed by atoms with Gasteiger partial charge in [0.2, 0.25) is 0 Å². The number of hydrogen-bond donors (Lipinski definition) is 0. The fraction of sp³-hybridized carbons (Fsp3) is 0. The number of hydrogen-bond acceptors (Lipinski definition) is 6. The zero-order valence-corrected chi connectivity index (χ0v) is 10.2. The number of aromatic nitrogens is 2. The highest BCUT2D eigenvalue weighted by Crippen LogP contribution is 2.25. The normalized spacial score (nSPS) is 11.9. The predicted octanol–water partition coefficient (Wildman–Crippen LogP) is 3.09. The van der Waals surface area contributed by atoms with Crippen molar-refractivity contribution in [3.05, 3.63) is 47.7 Å². The van der Waals surface area contributed by atoms with Gasteiger partial charge in [0.25, 0.3) is 0 Å². The van der Waals surface area contributed by atoms with Gasteiger partial charge in [0.1, 0.15) is 10.4 Å². The van der Waals surface area contributed by atoms with Crippen LogP contribution in [0.1, 0.15) is 0 Å². The maximum atomic E-state index is 5.33. The van der Waals surface area contributed by atoms with Crippen LogP contribution in [0, 0.1) is 0 Å². The van der Waals surface area contributed by atoms with Crippen LogP contribution >= 0.6 is 20.7 Å². The van der Waals surface area contributed by atoms with Crippen LogP contribution in [-0.2, 0) is 0 Å². The summed E-state index contributed by atoms with van der Waals surface area (Å²) in [6, 6.07) is 5.80.